The highest BCUT2D eigenvalue weighted by atomic mass is 79.9. The van der Waals surface area contributed by atoms with Gasteiger partial charge in [0.15, 0.2) is 11.5 Å². The van der Waals surface area contributed by atoms with Crippen LogP contribution in [-0.4, -0.2) is 19.3 Å². The Hall–Kier alpha value is -0.740. The van der Waals surface area contributed by atoms with Gasteiger partial charge in [-0.3, -0.25) is 0 Å². The molecule has 0 amide bonds. The van der Waals surface area contributed by atoms with E-state index >= 15 is 0 Å². The van der Waals surface area contributed by atoms with Gasteiger partial charge in [0.25, 0.3) is 0 Å². The first-order chi connectivity index (χ1) is 9.74. The number of nitrogens with one attached hydrogen (secondary N) is 1. The predicted molar refractivity (Wildman–Crippen MR) is 83.4 cm³/mol. The molecule has 1 N–H and O–H groups in total. The zero-order valence-electron chi connectivity index (χ0n) is 12.0. The predicted octanol–water partition coefficient (Wildman–Crippen LogP) is 3.89. The molecule has 4 heteroatoms. The van der Waals surface area contributed by atoms with Crippen LogP contribution in [0.2, 0.25) is 0 Å². The maximum atomic E-state index is 5.67. The van der Waals surface area contributed by atoms with Crippen LogP contribution in [-0.2, 0) is 6.54 Å². The van der Waals surface area contributed by atoms with Crippen molar-refractivity contribution in [2.24, 2.45) is 5.92 Å². The minimum absolute atomic E-state index is 0.587. The number of hydrogen-bond acceptors (Lipinski definition) is 3. The number of fused-ring (bicyclic) bond motifs is 1. The van der Waals surface area contributed by atoms with E-state index in [2.05, 4.69) is 40.3 Å². The lowest BCUT2D eigenvalue weighted by atomic mass is 9.99. The molecule has 1 atom stereocenters. The van der Waals surface area contributed by atoms with Crippen molar-refractivity contribution in [2.45, 2.75) is 45.2 Å². The average molecular weight is 340 g/mol. The summed E-state index contributed by atoms with van der Waals surface area (Å²) in [5, 5.41) is 3.66. The SMILES string of the molecule is C[C@@H](NCc1cc(Br)c2c(c1)OCCO2)C1CCCC1. The lowest BCUT2D eigenvalue weighted by molar-refractivity contribution is 0.170. The smallest absolute Gasteiger partial charge is 0.175 e. The lowest BCUT2D eigenvalue weighted by Gasteiger charge is -2.23. The maximum absolute atomic E-state index is 5.67. The summed E-state index contributed by atoms with van der Waals surface area (Å²) < 4.78 is 12.3. The Morgan fingerprint density at radius 3 is 2.80 bits per heavy atom. The summed E-state index contributed by atoms with van der Waals surface area (Å²) >= 11 is 3.57. The van der Waals surface area contributed by atoms with Crippen LogP contribution in [0.1, 0.15) is 38.2 Å². The van der Waals surface area contributed by atoms with Crippen molar-refractivity contribution >= 4 is 15.9 Å². The summed E-state index contributed by atoms with van der Waals surface area (Å²) in [7, 11) is 0. The van der Waals surface area contributed by atoms with E-state index in [0.29, 0.717) is 19.3 Å². The lowest BCUT2D eigenvalue weighted by Crippen LogP contribution is -2.31. The first kappa shape index (κ1) is 14.2. The van der Waals surface area contributed by atoms with Gasteiger partial charge in [0.2, 0.25) is 0 Å². The van der Waals surface area contributed by atoms with E-state index in [0.717, 1.165) is 28.4 Å². The number of rotatable bonds is 4. The summed E-state index contributed by atoms with van der Waals surface area (Å²) in [6.45, 7) is 4.45. The summed E-state index contributed by atoms with van der Waals surface area (Å²) in [4.78, 5) is 0. The van der Waals surface area contributed by atoms with E-state index in [1.54, 1.807) is 0 Å². The summed E-state index contributed by atoms with van der Waals surface area (Å²) in [6.07, 6.45) is 5.54. The number of halogens is 1. The Bertz CT molecular complexity index is 472. The van der Waals surface area contributed by atoms with Gasteiger partial charge >= 0.3 is 0 Å². The molecule has 3 nitrogen and oxygen atoms in total. The molecule has 0 radical (unpaired) electrons. The van der Waals surface area contributed by atoms with Gasteiger partial charge in [-0.25, -0.2) is 0 Å². The average Bonchev–Trinajstić information content (AvgIpc) is 2.99. The molecule has 1 fully saturated rings. The molecule has 1 heterocycles. The molecule has 0 bridgehead atoms. The van der Waals surface area contributed by atoms with Crippen LogP contribution in [0.15, 0.2) is 16.6 Å². The van der Waals surface area contributed by atoms with Gasteiger partial charge < -0.3 is 14.8 Å². The van der Waals surface area contributed by atoms with E-state index in [1.807, 2.05) is 0 Å². The maximum Gasteiger partial charge on any atom is 0.175 e. The van der Waals surface area contributed by atoms with Gasteiger partial charge in [0.05, 0.1) is 4.47 Å². The van der Waals surface area contributed by atoms with Crippen molar-refractivity contribution in [2.75, 3.05) is 13.2 Å². The second-order valence-electron chi connectivity index (χ2n) is 5.82. The zero-order valence-corrected chi connectivity index (χ0v) is 13.5. The van der Waals surface area contributed by atoms with Crippen molar-refractivity contribution < 1.29 is 9.47 Å². The molecule has 2 aliphatic rings. The molecule has 0 aromatic heterocycles. The Morgan fingerprint density at radius 2 is 2.00 bits per heavy atom. The third-order valence-corrected chi connectivity index (χ3v) is 4.98. The standard InChI is InChI=1S/C16H22BrNO2/c1-11(13-4-2-3-5-13)18-10-12-8-14(17)16-15(9-12)19-6-7-20-16/h8-9,11,13,18H,2-7,10H2,1H3/t11-/m1/s1. The third-order valence-electron chi connectivity index (χ3n) is 4.39. The molecule has 110 valence electrons. The molecule has 1 aliphatic heterocycles. The van der Waals surface area contributed by atoms with Crippen LogP contribution in [0.4, 0.5) is 0 Å². The molecule has 0 unspecified atom stereocenters. The van der Waals surface area contributed by atoms with Crippen LogP contribution in [0.3, 0.4) is 0 Å². The monoisotopic (exact) mass is 339 g/mol. The van der Waals surface area contributed by atoms with Crippen LogP contribution in [0, 0.1) is 5.92 Å². The second kappa shape index (κ2) is 6.35. The van der Waals surface area contributed by atoms with E-state index < -0.39 is 0 Å². The molecule has 3 rings (SSSR count). The first-order valence-corrected chi connectivity index (χ1v) is 8.35. The van der Waals surface area contributed by atoms with E-state index in [1.165, 1.54) is 31.2 Å². The Kier molecular flexibility index (Phi) is 4.51. The molecular formula is C16H22BrNO2. The molecular weight excluding hydrogens is 318 g/mol. The van der Waals surface area contributed by atoms with Crippen molar-refractivity contribution in [1.82, 2.24) is 5.32 Å². The molecule has 0 saturated heterocycles. The molecule has 1 aliphatic carbocycles. The second-order valence-corrected chi connectivity index (χ2v) is 6.67. The van der Waals surface area contributed by atoms with E-state index in [9.17, 15) is 0 Å². The summed E-state index contributed by atoms with van der Waals surface area (Å²) in [5.41, 5.74) is 1.24. The molecule has 20 heavy (non-hydrogen) atoms. The fourth-order valence-electron chi connectivity index (χ4n) is 3.17. The molecule has 1 aromatic rings. The normalized spacial score (nSPS) is 20.1. The van der Waals surface area contributed by atoms with Crippen LogP contribution >= 0.6 is 15.9 Å². The van der Waals surface area contributed by atoms with E-state index in [-0.39, 0.29) is 0 Å². The van der Waals surface area contributed by atoms with Crippen LogP contribution < -0.4 is 14.8 Å². The highest BCUT2D eigenvalue weighted by Gasteiger charge is 2.21. The van der Waals surface area contributed by atoms with Gasteiger partial charge in [-0.05, 0) is 59.3 Å². The number of hydrogen-bond donors (Lipinski definition) is 1. The largest absolute Gasteiger partial charge is 0.486 e. The fourth-order valence-corrected chi connectivity index (χ4v) is 3.77. The molecule has 1 saturated carbocycles. The van der Waals surface area contributed by atoms with Crippen molar-refractivity contribution in [3.8, 4) is 11.5 Å². The molecule has 0 spiro atoms. The van der Waals surface area contributed by atoms with Gasteiger partial charge in [-0.2, -0.15) is 0 Å². The number of ether oxygens (including phenoxy) is 2. The fraction of sp³-hybridized carbons (Fsp3) is 0.625. The molecule has 1 aromatic carbocycles. The first-order valence-electron chi connectivity index (χ1n) is 7.55. The van der Waals surface area contributed by atoms with Crippen molar-refractivity contribution in [3.05, 3.63) is 22.2 Å². The minimum Gasteiger partial charge on any atom is -0.486 e. The van der Waals surface area contributed by atoms with Gasteiger partial charge in [0, 0.05) is 12.6 Å². The van der Waals surface area contributed by atoms with Crippen molar-refractivity contribution in [3.63, 3.8) is 0 Å². The highest BCUT2D eigenvalue weighted by Crippen LogP contribution is 2.38. The Labute approximate surface area is 129 Å². The highest BCUT2D eigenvalue weighted by molar-refractivity contribution is 9.10. The van der Waals surface area contributed by atoms with Gasteiger partial charge in [-0.15, -0.1) is 0 Å². The Balaban J connectivity index is 1.64. The van der Waals surface area contributed by atoms with Gasteiger partial charge in [-0.1, -0.05) is 12.8 Å². The van der Waals surface area contributed by atoms with E-state index in [4.69, 9.17) is 9.47 Å². The van der Waals surface area contributed by atoms with Crippen LogP contribution in [0.5, 0.6) is 11.5 Å². The van der Waals surface area contributed by atoms with Gasteiger partial charge in [0.1, 0.15) is 13.2 Å². The van der Waals surface area contributed by atoms with Crippen LogP contribution in [0.25, 0.3) is 0 Å². The summed E-state index contributed by atoms with van der Waals surface area (Å²) in [6, 6.07) is 4.81. The topological polar surface area (TPSA) is 30.5 Å². The Morgan fingerprint density at radius 1 is 1.25 bits per heavy atom. The quantitative estimate of drug-likeness (QED) is 0.902. The van der Waals surface area contributed by atoms with Crippen molar-refractivity contribution in [1.29, 1.82) is 0 Å². The summed E-state index contributed by atoms with van der Waals surface area (Å²) in [5.74, 6) is 2.54. The zero-order chi connectivity index (χ0) is 13.9. The number of benzene rings is 1. The third kappa shape index (κ3) is 3.12. The minimum atomic E-state index is 0.587.